The Labute approximate surface area is 174 Å². The van der Waals surface area contributed by atoms with Crippen molar-refractivity contribution in [2.24, 2.45) is 5.92 Å². The van der Waals surface area contributed by atoms with Crippen LogP contribution in [0.1, 0.15) is 33.8 Å². The van der Waals surface area contributed by atoms with Crippen molar-refractivity contribution in [1.29, 1.82) is 0 Å². The van der Waals surface area contributed by atoms with Crippen LogP contribution in [-0.2, 0) is 4.79 Å². The highest BCUT2D eigenvalue weighted by atomic mass is 16.5. The number of benzene rings is 4. The summed E-state index contributed by atoms with van der Waals surface area (Å²) in [5.74, 6) is -0.608. The van der Waals surface area contributed by atoms with Gasteiger partial charge in [-0.2, -0.15) is 0 Å². The summed E-state index contributed by atoms with van der Waals surface area (Å²) in [6, 6.07) is 31.0. The number of rotatable bonds is 4. The zero-order valence-electron chi connectivity index (χ0n) is 16.3. The number of esters is 1. The molecule has 0 saturated heterocycles. The van der Waals surface area contributed by atoms with Gasteiger partial charge in [0.2, 0.25) is 0 Å². The van der Waals surface area contributed by atoms with Gasteiger partial charge in [-0.05, 0) is 10.9 Å². The Bertz CT molecular complexity index is 1230. The largest absolute Gasteiger partial charge is 0.425 e. The third-order valence-corrected chi connectivity index (χ3v) is 5.81. The third kappa shape index (κ3) is 3.18. The molecule has 0 bridgehead atoms. The Hall–Kier alpha value is -3.72. The molecule has 3 nitrogen and oxygen atoms in total. The Balaban J connectivity index is 1.63. The van der Waals surface area contributed by atoms with E-state index in [1.54, 1.807) is 12.1 Å². The highest BCUT2D eigenvalue weighted by molar-refractivity contribution is 6.00. The highest BCUT2D eigenvalue weighted by Crippen LogP contribution is 2.46. The number of hydrogen-bond acceptors (Lipinski definition) is 3. The topological polar surface area (TPSA) is 43.4 Å². The van der Waals surface area contributed by atoms with Gasteiger partial charge in [-0.15, -0.1) is 0 Å². The normalized spacial score (nSPS) is 17.9. The lowest BCUT2D eigenvalue weighted by Crippen LogP contribution is -2.34. The van der Waals surface area contributed by atoms with Crippen LogP contribution in [0.25, 0.3) is 10.8 Å². The molecule has 0 spiro atoms. The summed E-state index contributed by atoms with van der Waals surface area (Å²) in [5, 5.41) is 1.94. The van der Waals surface area contributed by atoms with Crippen molar-refractivity contribution in [3.8, 4) is 5.75 Å². The molecule has 0 amide bonds. The smallest absolute Gasteiger partial charge is 0.315 e. The highest BCUT2D eigenvalue weighted by Gasteiger charge is 2.40. The number of ether oxygens (including phenoxy) is 1. The first-order valence-electron chi connectivity index (χ1n) is 10.1. The Morgan fingerprint density at radius 2 is 1.43 bits per heavy atom. The van der Waals surface area contributed by atoms with Crippen molar-refractivity contribution in [2.75, 3.05) is 0 Å². The first-order valence-corrected chi connectivity index (χ1v) is 10.1. The van der Waals surface area contributed by atoms with Gasteiger partial charge >= 0.3 is 5.97 Å². The van der Waals surface area contributed by atoms with Gasteiger partial charge in [0.05, 0.1) is 5.92 Å². The summed E-state index contributed by atoms with van der Waals surface area (Å²) in [6.07, 6.45) is 0.106. The molecule has 0 aliphatic carbocycles. The molecule has 0 unspecified atom stereocenters. The predicted octanol–water partition coefficient (Wildman–Crippen LogP) is 5.78. The summed E-state index contributed by atoms with van der Waals surface area (Å²) in [7, 11) is 0. The van der Waals surface area contributed by atoms with E-state index in [4.69, 9.17) is 4.74 Å². The first-order chi connectivity index (χ1) is 14.7. The van der Waals surface area contributed by atoms with Crippen molar-refractivity contribution in [3.63, 3.8) is 0 Å². The van der Waals surface area contributed by atoms with Gasteiger partial charge in [0.25, 0.3) is 0 Å². The van der Waals surface area contributed by atoms with E-state index in [9.17, 15) is 9.59 Å². The van der Waals surface area contributed by atoms with Crippen LogP contribution in [0.4, 0.5) is 0 Å². The van der Waals surface area contributed by atoms with Gasteiger partial charge < -0.3 is 4.74 Å². The maximum Gasteiger partial charge on any atom is 0.315 e. The van der Waals surface area contributed by atoms with E-state index in [1.807, 2.05) is 78.9 Å². The Morgan fingerprint density at radius 1 is 0.767 bits per heavy atom. The van der Waals surface area contributed by atoms with Crippen LogP contribution in [0, 0.1) is 5.92 Å². The molecule has 146 valence electrons. The van der Waals surface area contributed by atoms with Gasteiger partial charge in [0.1, 0.15) is 5.75 Å². The second kappa shape index (κ2) is 7.60. The average molecular weight is 392 g/mol. The van der Waals surface area contributed by atoms with Crippen LogP contribution in [0.3, 0.4) is 0 Å². The van der Waals surface area contributed by atoms with E-state index < -0.39 is 5.92 Å². The molecular formula is C27H20O3. The van der Waals surface area contributed by atoms with Crippen molar-refractivity contribution >= 4 is 22.5 Å². The fraction of sp³-hybridized carbons (Fsp3) is 0.111. The monoisotopic (exact) mass is 392 g/mol. The lowest BCUT2D eigenvalue weighted by molar-refractivity contribution is -0.140. The summed E-state index contributed by atoms with van der Waals surface area (Å²) in [4.78, 5) is 26.1. The molecule has 5 rings (SSSR count). The quantitative estimate of drug-likeness (QED) is 0.251. The first kappa shape index (κ1) is 18.3. The molecule has 4 aromatic carbocycles. The molecule has 1 aliphatic rings. The molecule has 1 heterocycles. The minimum Gasteiger partial charge on any atom is -0.425 e. The second-order valence-corrected chi connectivity index (χ2v) is 7.61. The molecular weight excluding hydrogens is 372 g/mol. The van der Waals surface area contributed by atoms with Crippen molar-refractivity contribution in [3.05, 3.63) is 114 Å². The van der Waals surface area contributed by atoms with Crippen molar-refractivity contribution < 1.29 is 14.3 Å². The number of carbonyl (C=O) groups is 2. The molecule has 0 radical (unpaired) electrons. The molecule has 0 N–H and O–H groups in total. The predicted molar refractivity (Wildman–Crippen MR) is 117 cm³/mol. The van der Waals surface area contributed by atoms with E-state index >= 15 is 0 Å². The summed E-state index contributed by atoms with van der Waals surface area (Å²) in [6.45, 7) is 0. The maximum atomic E-state index is 13.2. The zero-order valence-corrected chi connectivity index (χ0v) is 16.3. The molecule has 4 aromatic rings. The fourth-order valence-electron chi connectivity index (χ4n) is 4.36. The molecule has 1 aliphatic heterocycles. The molecule has 3 heteroatoms. The number of carbonyl (C=O) groups excluding carboxylic acids is 2. The van der Waals surface area contributed by atoms with Crippen LogP contribution in [0.15, 0.2) is 97.1 Å². The van der Waals surface area contributed by atoms with Crippen LogP contribution < -0.4 is 4.74 Å². The number of hydrogen-bond donors (Lipinski definition) is 0. The summed E-state index contributed by atoms with van der Waals surface area (Å²) in [5.41, 5.74) is 2.57. The lowest BCUT2D eigenvalue weighted by atomic mass is 9.75. The van der Waals surface area contributed by atoms with Crippen LogP contribution >= 0.6 is 0 Å². The van der Waals surface area contributed by atoms with Crippen LogP contribution in [-0.4, -0.2) is 11.8 Å². The SMILES string of the molecule is O=C(C[C@H]1C(=O)Oc2c(ccc3ccccc23)[C@@H]1c1ccccc1)c1ccccc1. The van der Waals surface area contributed by atoms with E-state index in [0.717, 1.165) is 21.9 Å². The van der Waals surface area contributed by atoms with Gasteiger partial charge in [0, 0.05) is 28.9 Å². The molecule has 0 saturated carbocycles. The molecule has 0 fully saturated rings. The maximum absolute atomic E-state index is 13.2. The van der Waals surface area contributed by atoms with Crippen LogP contribution in [0.2, 0.25) is 0 Å². The third-order valence-electron chi connectivity index (χ3n) is 5.81. The average Bonchev–Trinajstić information content (AvgIpc) is 2.80. The molecule has 0 aromatic heterocycles. The van der Waals surface area contributed by atoms with Gasteiger partial charge in [0.15, 0.2) is 5.78 Å². The lowest BCUT2D eigenvalue weighted by Gasteiger charge is -2.32. The summed E-state index contributed by atoms with van der Waals surface area (Å²) < 4.78 is 5.86. The number of ketones is 1. The second-order valence-electron chi connectivity index (χ2n) is 7.61. The minimum atomic E-state index is -0.575. The molecule has 30 heavy (non-hydrogen) atoms. The molecule has 2 atom stereocenters. The minimum absolute atomic E-state index is 0.0530. The van der Waals surface area contributed by atoms with E-state index in [2.05, 4.69) is 6.07 Å². The number of Topliss-reactive ketones (excluding diaryl/α,β-unsaturated/α-hetero) is 1. The van der Waals surface area contributed by atoms with E-state index in [0.29, 0.717) is 11.3 Å². The summed E-state index contributed by atoms with van der Waals surface area (Å²) >= 11 is 0. The van der Waals surface area contributed by atoms with Crippen LogP contribution in [0.5, 0.6) is 5.75 Å². The Kier molecular flexibility index (Phi) is 4.64. The van der Waals surface area contributed by atoms with Gasteiger partial charge in [-0.3, -0.25) is 9.59 Å². The fourth-order valence-corrected chi connectivity index (χ4v) is 4.36. The number of fused-ring (bicyclic) bond motifs is 3. The zero-order chi connectivity index (χ0) is 20.5. The Morgan fingerprint density at radius 3 is 2.20 bits per heavy atom. The standard InChI is InChI=1S/C27H20O3/c28-24(19-10-3-1-4-11-19)17-23-25(20-12-5-2-6-13-20)22-16-15-18-9-7-8-14-21(18)26(22)30-27(23)29/h1-16,23,25H,17H2/t23-,25+/m1/s1. The van der Waals surface area contributed by atoms with Crippen molar-refractivity contribution in [1.82, 2.24) is 0 Å². The van der Waals surface area contributed by atoms with Crippen molar-refractivity contribution in [2.45, 2.75) is 12.3 Å². The van der Waals surface area contributed by atoms with E-state index in [1.165, 1.54) is 0 Å². The van der Waals surface area contributed by atoms with E-state index in [-0.39, 0.29) is 24.1 Å². The van der Waals surface area contributed by atoms with Gasteiger partial charge in [-0.1, -0.05) is 97.1 Å². The van der Waals surface area contributed by atoms with Gasteiger partial charge in [-0.25, -0.2) is 0 Å².